The van der Waals surface area contributed by atoms with E-state index in [0.29, 0.717) is 12.5 Å². The highest BCUT2D eigenvalue weighted by molar-refractivity contribution is 6.84. The summed E-state index contributed by atoms with van der Waals surface area (Å²) in [6.07, 6.45) is 1.30. The summed E-state index contributed by atoms with van der Waals surface area (Å²) in [4.78, 5) is 0. The molecule has 3 nitrogen and oxygen atoms in total. The van der Waals surface area contributed by atoms with Gasteiger partial charge in [-0.1, -0.05) is 70.8 Å². The molecule has 0 aromatic heterocycles. The Kier molecular flexibility index (Phi) is 9.95. The van der Waals surface area contributed by atoms with Crippen LogP contribution in [0.3, 0.4) is 0 Å². The van der Waals surface area contributed by atoms with Crippen LogP contribution >= 0.6 is 0 Å². The third-order valence-corrected chi connectivity index (χ3v) is 11.1. The Balaban J connectivity index is 0.000000405. The number of ether oxygens (including phenoxy) is 2. The zero-order chi connectivity index (χ0) is 24.5. The monoisotopic (exact) mass is 480 g/mol. The topological polar surface area (TPSA) is 27.7 Å². The lowest BCUT2D eigenvalue weighted by atomic mass is 10.2. The van der Waals surface area contributed by atoms with Crippen molar-refractivity contribution in [3.63, 3.8) is 0 Å². The van der Waals surface area contributed by atoms with E-state index in [4.69, 9.17) is 13.6 Å². The van der Waals surface area contributed by atoms with E-state index >= 15 is 0 Å². The summed E-state index contributed by atoms with van der Waals surface area (Å²) in [7, 11) is -3.85. The molecule has 0 saturated heterocycles. The molecule has 0 N–H and O–H groups in total. The largest absolute Gasteiger partial charge is 0.494 e. The Hall–Kier alpha value is -2.35. The van der Waals surface area contributed by atoms with E-state index in [1.807, 2.05) is 24.3 Å². The van der Waals surface area contributed by atoms with Crippen LogP contribution in [0.4, 0.5) is 0 Å². The number of rotatable bonds is 8. The number of aryl methyl sites for hydroxylation is 4. The molecule has 3 aromatic rings. The Labute approximate surface area is 203 Å². The van der Waals surface area contributed by atoms with Gasteiger partial charge in [-0.2, -0.15) is 0 Å². The standard InChI is InChI=1S/C20H30O3Si2.C8H10/c1-17-7-11-19(12-8-17)21-15-24(3,4)23-25(5,6)16-22-20-13-9-18(2)10-14-20;1-7-3-5-8(2)6-4-7/h7-14H,15-16H2,1-6H3;3-6H,1-2H3. The fraction of sp³-hybridized carbons (Fsp3) is 0.357. The van der Waals surface area contributed by atoms with Crippen LogP contribution in [0.15, 0.2) is 72.8 Å². The van der Waals surface area contributed by atoms with Crippen molar-refractivity contribution in [2.75, 3.05) is 12.5 Å². The summed E-state index contributed by atoms with van der Waals surface area (Å²) in [6.45, 7) is 17.2. The molecule has 0 fully saturated rings. The van der Waals surface area contributed by atoms with E-state index in [1.54, 1.807) is 0 Å². The molecule has 0 heterocycles. The molecule has 178 valence electrons. The van der Waals surface area contributed by atoms with Crippen molar-refractivity contribution in [2.45, 2.75) is 53.9 Å². The van der Waals surface area contributed by atoms with Crippen LogP contribution in [-0.2, 0) is 4.12 Å². The minimum Gasteiger partial charge on any atom is -0.494 e. The first-order chi connectivity index (χ1) is 15.4. The van der Waals surface area contributed by atoms with E-state index in [-0.39, 0.29) is 0 Å². The average Bonchev–Trinajstić information content (AvgIpc) is 2.75. The first kappa shape index (κ1) is 26.9. The molecule has 0 aliphatic carbocycles. The minimum absolute atomic E-state index is 0.650. The second-order valence-corrected chi connectivity index (χ2v) is 18.4. The van der Waals surface area contributed by atoms with E-state index < -0.39 is 16.6 Å². The van der Waals surface area contributed by atoms with Crippen LogP contribution < -0.4 is 9.47 Å². The van der Waals surface area contributed by atoms with Crippen molar-refractivity contribution in [2.24, 2.45) is 0 Å². The van der Waals surface area contributed by atoms with Gasteiger partial charge in [-0.3, -0.25) is 0 Å². The first-order valence-electron chi connectivity index (χ1n) is 11.6. The second kappa shape index (κ2) is 12.2. The molecule has 0 unspecified atom stereocenters. The maximum atomic E-state index is 6.54. The highest BCUT2D eigenvalue weighted by Crippen LogP contribution is 2.20. The molecule has 0 spiro atoms. The van der Waals surface area contributed by atoms with Crippen LogP contribution in [0.2, 0.25) is 26.2 Å². The zero-order valence-electron chi connectivity index (χ0n) is 21.6. The van der Waals surface area contributed by atoms with Gasteiger partial charge in [-0.15, -0.1) is 0 Å². The van der Waals surface area contributed by atoms with Crippen LogP contribution in [0.1, 0.15) is 22.3 Å². The molecular weight excluding hydrogens is 440 g/mol. The lowest BCUT2D eigenvalue weighted by Crippen LogP contribution is -2.51. The molecule has 0 aliphatic rings. The summed E-state index contributed by atoms with van der Waals surface area (Å²) in [5.74, 6) is 1.82. The molecule has 0 radical (unpaired) electrons. The molecule has 0 amide bonds. The molecule has 0 bridgehead atoms. The lowest BCUT2D eigenvalue weighted by molar-refractivity contribution is 0.329. The van der Waals surface area contributed by atoms with Crippen molar-refractivity contribution in [3.8, 4) is 11.5 Å². The number of hydrogen-bond donors (Lipinski definition) is 0. The van der Waals surface area contributed by atoms with E-state index in [9.17, 15) is 0 Å². The van der Waals surface area contributed by atoms with Gasteiger partial charge in [0.05, 0.1) is 0 Å². The lowest BCUT2D eigenvalue weighted by Gasteiger charge is -2.33. The Bertz CT molecular complexity index is 883. The van der Waals surface area contributed by atoms with Crippen LogP contribution in [0, 0.1) is 27.7 Å². The van der Waals surface area contributed by atoms with E-state index in [2.05, 4.69) is 102 Å². The fourth-order valence-corrected chi connectivity index (χ4v) is 10.7. The zero-order valence-corrected chi connectivity index (χ0v) is 23.6. The molecule has 33 heavy (non-hydrogen) atoms. The first-order valence-corrected chi connectivity index (χ1v) is 17.8. The van der Waals surface area contributed by atoms with Gasteiger partial charge in [0.25, 0.3) is 0 Å². The summed E-state index contributed by atoms with van der Waals surface area (Å²) < 4.78 is 18.5. The van der Waals surface area contributed by atoms with Crippen LogP contribution in [-0.4, -0.2) is 29.1 Å². The molecule has 3 aromatic carbocycles. The van der Waals surface area contributed by atoms with E-state index in [1.165, 1.54) is 22.3 Å². The predicted molar refractivity (Wildman–Crippen MR) is 145 cm³/mol. The second-order valence-electron chi connectivity index (χ2n) is 9.98. The fourth-order valence-electron chi connectivity index (χ4n) is 3.23. The quantitative estimate of drug-likeness (QED) is 0.311. The third-order valence-electron chi connectivity index (χ3n) is 4.99. The van der Waals surface area contributed by atoms with Gasteiger partial charge in [0.1, 0.15) is 24.0 Å². The molecular formula is C28H40O3Si2. The van der Waals surface area contributed by atoms with Crippen LogP contribution in [0.5, 0.6) is 11.5 Å². The molecule has 5 heteroatoms. The Morgan fingerprint density at radius 2 is 0.697 bits per heavy atom. The summed E-state index contributed by atoms with van der Waals surface area (Å²) in [6, 6.07) is 24.8. The Morgan fingerprint density at radius 1 is 0.455 bits per heavy atom. The normalized spacial score (nSPS) is 11.4. The van der Waals surface area contributed by atoms with Crippen molar-refractivity contribution in [1.82, 2.24) is 0 Å². The van der Waals surface area contributed by atoms with Gasteiger partial charge in [-0.25, -0.2) is 0 Å². The highest BCUT2D eigenvalue weighted by Gasteiger charge is 2.34. The molecule has 3 rings (SSSR count). The van der Waals surface area contributed by atoms with Crippen molar-refractivity contribution >= 4 is 16.6 Å². The molecule has 0 saturated carbocycles. The smallest absolute Gasteiger partial charge is 0.213 e. The van der Waals surface area contributed by atoms with Crippen molar-refractivity contribution in [1.29, 1.82) is 0 Å². The number of hydrogen-bond acceptors (Lipinski definition) is 3. The van der Waals surface area contributed by atoms with Crippen molar-refractivity contribution in [3.05, 3.63) is 95.1 Å². The van der Waals surface area contributed by atoms with Gasteiger partial charge in [-0.05, 0) is 78.1 Å². The summed E-state index contributed by atoms with van der Waals surface area (Å²) in [5, 5.41) is 0. The van der Waals surface area contributed by atoms with Gasteiger partial charge in [0.2, 0.25) is 16.6 Å². The molecule has 0 atom stereocenters. The summed E-state index contributed by atoms with van der Waals surface area (Å²) >= 11 is 0. The Morgan fingerprint density at radius 3 is 0.970 bits per heavy atom. The summed E-state index contributed by atoms with van der Waals surface area (Å²) in [5.41, 5.74) is 5.13. The average molecular weight is 481 g/mol. The maximum absolute atomic E-state index is 6.54. The predicted octanol–water partition coefficient (Wildman–Crippen LogP) is 7.57. The SMILES string of the molecule is Cc1ccc(C)cc1.Cc1ccc(OC[Si](C)(C)O[Si](C)(C)COc2ccc(C)cc2)cc1. The van der Waals surface area contributed by atoms with E-state index in [0.717, 1.165) is 11.5 Å². The highest BCUT2D eigenvalue weighted by atomic mass is 28.4. The van der Waals surface area contributed by atoms with Gasteiger partial charge < -0.3 is 13.6 Å². The van der Waals surface area contributed by atoms with Gasteiger partial charge in [0, 0.05) is 0 Å². The third kappa shape index (κ3) is 10.9. The number of benzene rings is 3. The van der Waals surface area contributed by atoms with Crippen molar-refractivity contribution < 1.29 is 13.6 Å². The van der Waals surface area contributed by atoms with Gasteiger partial charge >= 0.3 is 0 Å². The molecule has 0 aliphatic heterocycles. The van der Waals surface area contributed by atoms with Gasteiger partial charge in [0.15, 0.2) is 0 Å². The van der Waals surface area contributed by atoms with Crippen LogP contribution in [0.25, 0.3) is 0 Å². The maximum Gasteiger partial charge on any atom is 0.213 e. The minimum atomic E-state index is -1.92.